The van der Waals surface area contributed by atoms with Crippen LogP contribution < -0.4 is 4.74 Å². The summed E-state index contributed by atoms with van der Waals surface area (Å²) in [4.78, 5) is 11.3. The number of aryl methyl sites for hydroxylation is 1. The standard InChI is InChI=1S/C16H15BrO2/c1-3-12-6-4-5-7-15(12)19-16-9-8-13(11(2)18)10-14(16)17/h4-10H,3H2,1-2H3. The zero-order valence-electron chi connectivity index (χ0n) is 10.9. The Labute approximate surface area is 121 Å². The van der Waals surface area contributed by atoms with Crippen molar-refractivity contribution in [2.24, 2.45) is 0 Å². The van der Waals surface area contributed by atoms with Gasteiger partial charge in [-0.15, -0.1) is 0 Å². The quantitative estimate of drug-likeness (QED) is 0.741. The van der Waals surface area contributed by atoms with E-state index in [-0.39, 0.29) is 5.78 Å². The first-order valence-corrected chi connectivity index (χ1v) is 6.97. The van der Waals surface area contributed by atoms with E-state index < -0.39 is 0 Å². The third-order valence-electron chi connectivity index (χ3n) is 2.91. The highest BCUT2D eigenvalue weighted by molar-refractivity contribution is 9.10. The maximum absolute atomic E-state index is 11.3. The molecule has 0 aromatic heterocycles. The summed E-state index contributed by atoms with van der Waals surface area (Å²) in [6.45, 7) is 3.64. The van der Waals surface area contributed by atoms with Crippen LogP contribution in [0.2, 0.25) is 0 Å². The van der Waals surface area contributed by atoms with Crippen LogP contribution in [0.3, 0.4) is 0 Å². The Bertz CT molecular complexity index is 605. The number of ketones is 1. The van der Waals surface area contributed by atoms with Crippen molar-refractivity contribution in [3.05, 3.63) is 58.1 Å². The average molecular weight is 319 g/mol. The second-order valence-corrected chi connectivity index (χ2v) is 5.12. The minimum atomic E-state index is 0.0428. The van der Waals surface area contributed by atoms with E-state index in [9.17, 15) is 4.79 Å². The van der Waals surface area contributed by atoms with E-state index in [2.05, 4.69) is 22.9 Å². The van der Waals surface area contributed by atoms with Crippen molar-refractivity contribution in [3.63, 3.8) is 0 Å². The zero-order chi connectivity index (χ0) is 13.8. The molecule has 19 heavy (non-hydrogen) atoms. The van der Waals surface area contributed by atoms with Crippen LogP contribution in [-0.2, 0) is 6.42 Å². The predicted octanol–water partition coefficient (Wildman–Crippen LogP) is 5.01. The molecule has 0 radical (unpaired) electrons. The van der Waals surface area contributed by atoms with E-state index in [4.69, 9.17) is 4.74 Å². The highest BCUT2D eigenvalue weighted by Gasteiger charge is 2.08. The summed E-state index contributed by atoms with van der Waals surface area (Å²) < 4.78 is 6.69. The molecule has 0 unspecified atom stereocenters. The van der Waals surface area contributed by atoms with Crippen molar-refractivity contribution in [2.45, 2.75) is 20.3 Å². The van der Waals surface area contributed by atoms with E-state index in [0.717, 1.165) is 22.2 Å². The molecule has 0 aliphatic rings. The van der Waals surface area contributed by atoms with Gasteiger partial charge in [-0.05, 0) is 59.1 Å². The summed E-state index contributed by atoms with van der Waals surface area (Å²) >= 11 is 3.44. The van der Waals surface area contributed by atoms with Crippen LogP contribution >= 0.6 is 15.9 Å². The molecule has 2 rings (SSSR count). The van der Waals surface area contributed by atoms with Gasteiger partial charge in [0.1, 0.15) is 11.5 Å². The molecule has 0 N–H and O–H groups in total. The lowest BCUT2D eigenvalue weighted by atomic mass is 10.1. The molecule has 0 saturated carbocycles. The molecule has 0 amide bonds. The molecule has 0 atom stereocenters. The fourth-order valence-corrected chi connectivity index (χ4v) is 2.28. The second-order valence-electron chi connectivity index (χ2n) is 4.26. The third kappa shape index (κ3) is 3.24. The molecule has 3 heteroatoms. The first-order valence-electron chi connectivity index (χ1n) is 6.18. The number of carbonyl (C=O) groups is 1. The lowest BCUT2D eigenvalue weighted by Crippen LogP contribution is -1.94. The summed E-state index contributed by atoms with van der Waals surface area (Å²) in [5.41, 5.74) is 1.83. The summed E-state index contributed by atoms with van der Waals surface area (Å²) in [6, 6.07) is 13.3. The van der Waals surface area contributed by atoms with Gasteiger partial charge in [-0.25, -0.2) is 0 Å². The first kappa shape index (κ1) is 13.8. The van der Waals surface area contributed by atoms with Gasteiger partial charge in [0.05, 0.1) is 4.47 Å². The maximum atomic E-state index is 11.3. The van der Waals surface area contributed by atoms with Gasteiger partial charge in [-0.2, -0.15) is 0 Å². The smallest absolute Gasteiger partial charge is 0.159 e. The highest BCUT2D eigenvalue weighted by atomic mass is 79.9. The van der Waals surface area contributed by atoms with Crippen LogP contribution in [0, 0.1) is 0 Å². The van der Waals surface area contributed by atoms with E-state index in [0.29, 0.717) is 11.3 Å². The Hall–Kier alpha value is -1.61. The largest absolute Gasteiger partial charge is 0.456 e. The molecule has 2 aromatic carbocycles. The lowest BCUT2D eigenvalue weighted by Gasteiger charge is -2.11. The molecule has 0 aliphatic heterocycles. The third-order valence-corrected chi connectivity index (χ3v) is 3.53. The number of para-hydroxylation sites is 1. The summed E-state index contributed by atoms with van der Waals surface area (Å²) in [5.74, 6) is 1.60. The predicted molar refractivity (Wildman–Crippen MR) is 80.0 cm³/mol. The summed E-state index contributed by atoms with van der Waals surface area (Å²) in [7, 11) is 0. The number of hydrogen-bond acceptors (Lipinski definition) is 2. The molecule has 2 nitrogen and oxygen atoms in total. The van der Waals surface area contributed by atoms with Gasteiger partial charge in [0.25, 0.3) is 0 Å². The monoisotopic (exact) mass is 318 g/mol. The topological polar surface area (TPSA) is 26.3 Å². The minimum Gasteiger partial charge on any atom is -0.456 e. The number of ether oxygens (including phenoxy) is 1. The number of Topliss-reactive ketones (excluding diaryl/α,β-unsaturated/α-hetero) is 1. The average Bonchev–Trinajstić information content (AvgIpc) is 2.41. The molecule has 2 aromatic rings. The maximum Gasteiger partial charge on any atom is 0.159 e. The molecule has 0 aliphatic carbocycles. The molecule has 0 saturated heterocycles. The number of rotatable bonds is 4. The number of halogens is 1. The second kappa shape index (κ2) is 6.02. The van der Waals surface area contributed by atoms with Crippen LogP contribution in [0.15, 0.2) is 46.9 Å². The Morgan fingerprint density at radius 3 is 2.53 bits per heavy atom. The van der Waals surface area contributed by atoms with Crippen LogP contribution in [0.5, 0.6) is 11.5 Å². The molecular formula is C16H15BrO2. The summed E-state index contributed by atoms with van der Waals surface area (Å²) in [5, 5.41) is 0. The molecular weight excluding hydrogens is 304 g/mol. The molecule has 0 fully saturated rings. The van der Waals surface area contributed by atoms with Crippen LogP contribution in [0.4, 0.5) is 0 Å². The Morgan fingerprint density at radius 2 is 1.89 bits per heavy atom. The van der Waals surface area contributed by atoms with Crippen molar-refractivity contribution in [1.29, 1.82) is 0 Å². The van der Waals surface area contributed by atoms with Gasteiger partial charge in [0.2, 0.25) is 0 Å². The zero-order valence-corrected chi connectivity index (χ0v) is 12.5. The van der Waals surface area contributed by atoms with Crippen molar-refractivity contribution < 1.29 is 9.53 Å². The van der Waals surface area contributed by atoms with E-state index in [1.165, 1.54) is 0 Å². The van der Waals surface area contributed by atoms with E-state index in [1.54, 1.807) is 19.1 Å². The fraction of sp³-hybridized carbons (Fsp3) is 0.188. The van der Waals surface area contributed by atoms with Crippen molar-refractivity contribution in [2.75, 3.05) is 0 Å². The number of benzene rings is 2. The lowest BCUT2D eigenvalue weighted by molar-refractivity contribution is 0.101. The van der Waals surface area contributed by atoms with Crippen molar-refractivity contribution in [1.82, 2.24) is 0 Å². The number of hydrogen-bond donors (Lipinski definition) is 0. The van der Waals surface area contributed by atoms with Gasteiger partial charge in [0.15, 0.2) is 5.78 Å². The molecule has 0 spiro atoms. The normalized spacial score (nSPS) is 10.3. The molecule has 0 heterocycles. The van der Waals surface area contributed by atoms with Gasteiger partial charge in [-0.1, -0.05) is 25.1 Å². The van der Waals surface area contributed by atoms with Crippen LogP contribution in [-0.4, -0.2) is 5.78 Å². The van der Waals surface area contributed by atoms with Gasteiger partial charge in [0, 0.05) is 5.56 Å². The van der Waals surface area contributed by atoms with E-state index in [1.807, 2.05) is 30.3 Å². The minimum absolute atomic E-state index is 0.0428. The fourth-order valence-electron chi connectivity index (χ4n) is 1.82. The van der Waals surface area contributed by atoms with E-state index >= 15 is 0 Å². The molecule has 98 valence electrons. The van der Waals surface area contributed by atoms with Gasteiger partial charge in [-0.3, -0.25) is 4.79 Å². The summed E-state index contributed by atoms with van der Waals surface area (Å²) in [6.07, 6.45) is 0.916. The van der Waals surface area contributed by atoms with Gasteiger partial charge >= 0.3 is 0 Å². The van der Waals surface area contributed by atoms with Crippen LogP contribution in [0.1, 0.15) is 29.8 Å². The Morgan fingerprint density at radius 1 is 1.16 bits per heavy atom. The van der Waals surface area contributed by atoms with Crippen LogP contribution in [0.25, 0.3) is 0 Å². The molecule has 0 bridgehead atoms. The van der Waals surface area contributed by atoms with Crippen molar-refractivity contribution >= 4 is 21.7 Å². The Balaban J connectivity index is 2.31. The van der Waals surface area contributed by atoms with Gasteiger partial charge < -0.3 is 4.74 Å². The Kier molecular flexibility index (Phi) is 4.38. The van der Waals surface area contributed by atoms with Crippen molar-refractivity contribution in [3.8, 4) is 11.5 Å². The highest BCUT2D eigenvalue weighted by Crippen LogP contribution is 2.32. The SMILES string of the molecule is CCc1ccccc1Oc1ccc(C(C)=O)cc1Br. The first-order chi connectivity index (χ1) is 9.11. The number of carbonyl (C=O) groups excluding carboxylic acids is 1.